The summed E-state index contributed by atoms with van der Waals surface area (Å²) in [6.45, 7) is 4.53. The largest absolute Gasteiger partial charge is 0.487 e. The molecule has 0 radical (unpaired) electrons. The first kappa shape index (κ1) is 19.9. The maximum Gasteiger partial charge on any atom is 0.254 e. The molecule has 154 valence electrons. The lowest BCUT2D eigenvalue weighted by Gasteiger charge is -2.27. The number of nitrogens with two attached hydrogens (primary N) is 1. The number of pyridine rings is 1. The van der Waals surface area contributed by atoms with Gasteiger partial charge < -0.3 is 15.4 Å². The number of hydrogen-bond donors (Lipinski definition) is 1. The maximum atomic E-state index is 13.3. The quantitative estimate of drug-likeness (QED) is 0.507. The van der Waals surface area contributed by atoms with Crippen molar-refractivity contribution in [2.75, 3.05) is 12.8 Å². The zero-order valence-corrected chi connectivity index (χ0v) is 17.9. The number of ether oxygens (including phenoxy) is 1. The number of rotatable bonds is 6. The number of aromatic nitrogens is 3. The predicted octanol–water partition coefficient (Wildman–Crippen LogP) is 4.10. The molecular formula is C22H23N5O2S. The van der Waals surface area contributed by atoms with E-state index in [1.54, 1.807) is 23.8 Å². The minimum Gasteiger partial charge on any atom is -0.487 e. The molecule has 0 unspecified atom stereocenters. The van der Waals surface area contributed by atoms with Gasteiger partial charge in [-0.2, -0.15) is 4.52 Å². The Morgan fingerprint density at radius 3 is 2.63 bits per heavy atom. The molecule has 1 aromatic carbocycles. The van der Waals surface area contributed by atoms with Crippen molar-refractivity contribution in [1.82, 2.24) is 19.5 Å². The first-order chi connectivity index (χ1) is 14.5. The molecule has 0 aliphatic heterocycles. The fourth-order valence-electron chi connectivity index (χ4n) is 3.22. The topological polar surface area (TPSA) is 85.8 Å². The standard InChI is InChI=1S/C22H23N5O2S/c1-14(2)26(13-15-7-5-4-6-8-15)22(28)16-11-18(23)27-19(12-16)24-21(25-27)17-9-10-20(29-3)30-17/h4-12,14H,13,23H2,1-3H3. The molecule has 4 rings (SSSR count). The SMILES string of the molecule is COc1ccc(-c2nc3cc(C(=O)N(Cc4ccccc4)C(C)C)cc(N)n3n2)s1. The van der Waals surface area contributed by atoms with E-state index >= 15 is 0 Å². The van der Waals surface area contributed by atoms with Crippen molar-refractivity contribution in [2.24, 2.45) is 0 Å². The Labute approximate surface area is 178 Å². The molecule has 0 fully saturated rings. The number of hydrogen-bond acceptors (Lipinski definition) is 6. The Bertz CT molecular complexity index is 1180. The number of amides is 1. The van der Waals surface area contributed by atoms with Crippen molar-refractivity contribution in [3.63, 3.8) is 0 Å². The fourth-order valence-corrected chi connectivity index (χ4v) is 3.97. The van der Waals surface area contributed by atoms with E-state index < -0.39 is 0 Å². The van der Waals surface area contributed by atoms with Gasteiger partial charge in [0.1, 0.15) is 5.82 Å². The van der Waals surface area contributed by atoms with Crippen LogP contribution < -0.4 is 10.5 Å². The van der Waals surface area contributed by atoms with Crippen LogP contribution in [-0.4, -0.2) is 38.6 Å². The highest BCUT2D eigenvalue weighted by Crippen LogP contribution is 2.31. The summed E-state index contributed by atoms with van der Waals surface area (Å²) in [5, 5.41) is 5.27. The molecule has 0 aliphatic carbocycles. The van der Waals surface area contributed by atoms with E-state index in [9.17, 15) is 4.79 Å². The van der Waals surface area contributed by atoms with Crippen LogP contribution in [-0.2, 0) is 6.54 Å². The summed E-state index contributed by atoms with van der Waals surface area (Å²) in [6, 6.07) is 17.1. The Kier molecular flexibility index (Phi) is 5.41. The van der Waals surface area contributed by atoms with Crippen LogP contribution in [0.4, 0.5) is 5.82 Å². The summed E-state index contributed by atoms with van der Waals surface area (Å²) in [5.74, 6) is 0.816. The second-order valence-electron chi connectivity index (χ2n) is 7.21. The summed E-state index contributed by atoms with van der Waals surface area (Å²) in [4.78, 5) is 20.6. The Hall–Kier alpha value is -3.39. The predicted molar refractivity (Wildman–Crippen MR) is 119 cm³/mol. The molecule has 2 N–H and O–H groups in total. The molecule has 3 aromatic heterocycles. The minimum atomic E-state index is -0.0922. The van der Waals surface area contributed by atoms with E-state index in [2.05, 4.69) is 10.1 Å². The Morgan fingerprint density at radius 2 is 1.97 bits per heavy atom. The van der Waals surface area contributed by atoms with Crippen molar-refractivity contribution in [3.05, 3.63) is 65.7 Å². The summed E-state index contributed by atoms with van der Waals surface area (Å²) < 4.78 is 6.79. The number of thiophene rings is 1. The highest BCUT2D eigenvalue weighted by Gasteiger charge is 2.21. The van der Waals surface area contributed by atoms with Gasteiger partial charge in [-0.15, -0.1) is 5.10 Å². The number of carbonyl (C=O) groups is 1. The third-order valence-corrected chi connectivity index (χ3v) is 5.84. The molecule has 0 bridgehead atoms. The van der Waals surface area contributed by atoms with Crippen molar-refractivity contribution in [3.8, 4) is 15.8 Å². The van der Waals surface area contributed by atoms with E-state index in [4.69, 9.17) is 10.5 Å². The molecule has 4 aromatic rings. The minimum absolute atomic E-state index is 0.0298. The van der Waals surface area contributed by atoms with Crippen LogP contribution in [0.25, 0.3) is 16.3 Å². The van der Waals surface area contributed by atoms with Crippen molar-refractivity contribution < 1.29 is 9.53 Å². The molecule has 8 heteroatoms. The second-order valence-corrected chi connectivity index (χ2v) is 8.26. The molecule has 0 atom stereocenters. The van der Waals surface area contributed by atoms with Gasteiger partial charge in [-0.05, 0) is 43.7 Å². The van der Waals surface area contributed by atoms with Gasteiger partial charge in [0.15, 0.2) is 16.5 Å². The number of benzene rings is 1. The smallest absolute Gasteiger partial charge is 0.254 e. The van der Waals surface area contributed by atoms with E-state index in [-0.39, 0.29) is 11.9 Å². The van der Waals surface area contributed by atoms with Gasteiger partial charge in [0, 0.05) is 18.2 Å². The molecule has 1 amide bonds. The van der Waals surface area contributed by atoms with Crippen molar-refractivity contribution >= 4 is 28.7 Å². The molecule has 7 nitrogen and oxygen atoms in total. The number of nitrogens with zero attached hydrogens (tertiary/aromatic N) is 4. The number of anilines is 1. The van der Waals surface area contributed by atoms with Gasteiger partial charge in [0.25, 0.3) is 5.91 Å². The van der Waals surface area contributed by atoms with Crippen LogP contribution in [0.1, 0.15) is 29.8 Å². The van der Waals surface area contributed by atoms with Crippen LogP contribution in [0.2, 0.25) is 0 Å². The lowest BCUT2D eigenvalue weighted by atomic mass is 10.1. The summed E-state index contributed by atoms with van der Waals surface area (Å²) in [7, 11) is 1.62. The number of fused-ring (bicyclic) bond motifs is 1. The third kappa shape index (κ3) is 3.86. The maximum absolute atomic E-state index is 13.3. The van der Waals surface area contributed by atoms with Gasteiger partial charge >= 0.3 is 0 Å². The average molecular weight is 422 g/mol. The van der Waals surface area contributed by atoms with E-state index in [1.165, 1.54) is 11.3 Å². The molecular weight excluding hydrogens is 398 g/mol. The van der Waals surface area contributed by atoms with Crippen LogP contribution >= 0.6 is 11.3 Å². The lowest BCUT2D eigenvalue weighted by molar-refractivity contribution is 0.0690. The monoisotopic (exact) mass is 421 g/mol. The summed E-state index contributed by atoms with van der Waals surface area (Å²) in [6.07, 6.45) is 0. The number of methoxy groups -OCH3 is 1. The average Bonchev–Trinajstić information content (AvgIpc) is 3.39. The van der Waals surface area contributed by atoms with Gasteiger partial charge in [-0.1, -0.05) is 41.7 Å². The van der Waals surface area contributed by atoms with E-state index in [1.807, 2.05) is 61.2 Å². The Morgan fingerprint density at radius 1 is 1.20 bits per heavy atom. The van der Waals surface area contributed by atoms with E-state index in [0.717, 1.165) is 15.5 Å². The first-order valence-electron chi connectivity index (χ1n) is 9.61. The molecule has 30 heavy (non-hydrogen) atoms. The molecule has 0 aliphatic rings. The van der Waals surface area contributed by atoms with E-state index in [0.29, 0.717) is 29.4 Å². The van der Waals surface area contributed by atoms with Crippen LogP contribution in [0, 0.1) is 0 Å². The van der Waals surface area contributed by atoms with Crippen molar-refractivity contribution in [1.29, 1.82) is 0 Å². The second kappa shape index (κ2) is 8.16. The van der Waals surface area contributed by atoms with Crippen molar-refractivity contribution in [2.45, 2.75) is 26.4 Å². The molecule has 3 heterocycles. The normalized spacial score (nSPS) is 11.2. The summed E-state index contributed by atoms with van der Waals surface area (Å²) >= 11 is 1.45. The Balaban J connectivity index is 1.68. The lowest BCUT2D eigenvalue weighted by Crippen LogP contribution is -2.36. The van der Waals surface area contributed by atoms with Gasteiger partial charge in [-0.25, -0.2) is 4.98 Å². The number of carbonyl (C=O) groups excluding carboxylic acids is 1. The van der Waals surface area contributed by atoms with Crippen LogP contribution in [0.3, 0.4) is 0 Å². The highest BCUT2D eigenvalue weighted by atomic mass is 32.1. The molecule has 0 saturated heterocycles. The van der Waals surface area contributed by atoms with Gasteiger partial charge in [0.05, 0.1) is 12.0 Å². The first-order valence-corrected chi connectivity index (χ1v) is 10.4. The fraction of sp³-hybridized carbons (Fsp3) is 0.227. The van der Waals surface area contributed by atoms with Gasteiger partial charge in [-0.3, -0.25) is 4.79 Å². The van der Waals surface area contributed by atoms with Gasteiger partial charge in [0.2, 0.25) is 0 Å². The zero-order chi connectivity index (χ0) is 21.3. The van der Waals surface area contributed by atoms with Crippen LogP contribution in [0.15, 0.2) is 54.6 Å². The molecule has 0 saturated carbocycles. The number of nitrogen functional groups attached to an aromatic ring is 1. The third-order valence-electron chi connectivity index (χ3n) is 4.79. The highest BCUT2D eigenvalue weighted by molar-refractivity contribution is 7.17. The zero-order valence-electron chi connectivity index (χ0n) is 17.1. The van der Waals surface area contributed by atoms with Crippen LogP contribution in [0.5, 0.6) is 5.06 Å². The molecule has 0 spiro atoms. The summed E-state index contributed by atoms with van der Waals surface area (Å²) in [5.41, 5.74) is 8.31.